The summed E-state index contributed by atoms with van der Waals surface area (Å²) in [5, 5.41) is 15.3. The van der Waals surface area contributed by atoms with E-state index in [0.717, 1.165) is 91.3 Å². The van der Waals surface area contributed by atoms with Crippen molar-refractivity contribution in [3.8, 4) is 17.1 Å². The Labute approximate surface area is 289 Å². The highest BCUT2D eigenvalue weighted by Crippen LogP contribution is 2.39. The van der Waals surface area contributed by atoms with E-state index < -0.39 is 23.5 Å². The van der Waals surface area contributed by atoms with E-state index in [-0.39, 0.29) is 5.75 Å². The summed E-state index contributed by atoms with van der Waals surface area (Å²) in [5.74, 6) is 1.88. The number of aryl methyl sites for hydroxylation is 2. The molecule has 4 bridgehead atoms. The van der Waals surface area contributed by atoms with Gasteiger partial charge in [-0.3, -0.25) is 0 Å². The van der Waals surface area contributed by atoms with E-state index in [4.69, 9.17) is 16.6 Å². The van der Waals surface area contributed by atoms with E-state index >= 15 is 0 Å². The topological polar surface area (TPSA) is 112 Å². The standard InChI is InChI=1S/C16H15F3N4.C9H11ClN4.C7H5BF3O2/c1-9-13-15(21-12-5-6-23(13)8-12)22-14(20-9)10-3-2-4-11(7-10)16(17,18)19;1-5-7-8(13-9(10)11-5)12-6-2-3-14(7)4-6;9-7(10,11)5-2-1-3-6(4-5)13-8-12/h2-4,7,12H,5-6,8H2,1H3,(H,20,21,22);6H,2-4H2,1H3,(H,11,12,13);1-4,12H/t12-;6-;/m00./s1. The monoisotopic (exact) mass is 719 g/mol. The largest absolute Gasteiger partial charge is 0.569 e. The zero-order valence-corrected chi connectivity index (χ0v) is 27.5. The van der Waals surface area contributed by atoms with Gasteiger partial charge in [0.05, 0.1) is 22.5 Å². The average Bonchev–Trinajstić information content (AvgIpc) is 3.62. The molecule has 263 valence electrons. The van der Waals surface area contributed by atoms with Crippen molar-refractivity contribution in [3.63, 3.8) is 0 Å². The second-order valence-electron chi connectivity index (χ2n) is 12.1. The fourth-order valence-corrected chi connectivity index (χ4v) is 6.59. The Morgan fingerprint density at radius 2 is 1.32 bits per heavy atom. The number of rotatable bonds is 3. The van der Waals surface area contributed by atoms with Gasteiger partial charge >= 0.3 is 20.0 Å². The molecule has 0 aliphatic carbocycles. The highest BCUT2D eigenvalue weighted by molar-refractivity contribution is 6.28. The Balaban J connectivity index is 0.000000138. The lowest BCUT2D eigenvalue weighted by Crippen LogP contribution is -2.33. The van der Waals surface area contributed by atoms with Gasteiger partial charge in [-0.1, -0.05) is 18.2 Å². The number of nitrogens with zero attached hydrogens (tertiary/aromatic N) is 6. The number of hydrogen-bond acceptors (Lipinski definition) is 10. The van der Waals surface area contributed by atoms with Gasteiger partial charge in [0.2, 0.25) is 5.28 Å². The number of alkyl halides is 6. The van der Waals surface area contributed by atoms with Crippen LogP contribution in [0.5, 0.6) is 5.75 Å². The number of nitrogens with one attached hydrogen (secondary N) is 2. The molecule has 1 radical (unpaired) electrons. The van der Waals surface area contributed by atoms with Crippen LogP contribution in [0.3, 0.4) is 0 Å². The SMILES string of the molecule is Cc1nc(-c2cccc(C(F)(F)F)c2)nc2c1N1CC[C@@H](C1)N2.Cc1nc(Cl)nc2c1N1CC[C@@H](C1)N2.O[B]Oc1cccc(C(F)(F)F)c1. The van der Waals surface area contributed by atoms with Gasteiger partial charge in [-0.15, -0.1) is 0 Å². The van der Waals surface area contributed by atoms with Gasteiger partial charge in [0.25, 0.3) is 0 Å². The average molecular weight is 720 g/mol. The van der Waals surface area contributed by atoms with Gasteiger partial charge in [0.1, 0.15) is 17.1 Å². The van der Waals surface area contributed by atoms with Gasteiger partial charge in [-0.05, 0) is 68.6 Å². The van der Waals surface area contributed by atoms with Gasteiger partial charge in [0.15, 0.2) is 17.5 Å². The maximum atomic E-state index is 12.9. The van der Waals surface area contributed by atoms with E-state index in [0.29, 0.717) is 36.4 Å². The molecule has 0 spiro atoms. The third-order valence-corrected chi connectivity index (χ3v) is 8.75. The Kier molecular flexibility index (Phi) is 9.90. The zero-order chi connectivity index (χ0) is 35.8. The molecular formula is C32H31BClF6N8O2. The molecule has 0 amide bonds. The van der Waals surface area contributed by atoms with Crippen LogP contribution >= 0.6 is 11.6 Å². The maximum Gasteiger partial charge on any atom is 0.569 e. The van der Waals surface area contributed by atoms with Gasteiger partial charge in [-0.2, -0.15) is 31.3 Å². The van der Waals surface area contributed by atoms with Crippen molar-refractivity contribution in [2.24, 2.45) is 0 Å². The summed E-state index contributed by atoms with van der Waals surface area (Å²) in [5.41, 5.74) is 2.72. The molecule has 4 aromatic rings. The van der Waals surface area contributed by atoms with E-state index in [1.54, 1.807) is 6.07 Å². The van der Waals surface area contributed by atoms with Gasteiger partial charge in [0, 0.05) is 43.8 Å². The third kappa shape index (κ3) is 7.78. The van der Waals surface area contributed by atoms with E-state index in [2.05, 4.69) is 45.0 Å². The summed E-state index contributed by atoms with van der Waals surface area (Å²) in [4.78, 5) is 21.9. The minimum absolute atomic E-state index is 0.0580. The molecular weight excluding hydrogens is 689 g/mol. The number of hydrogen-bond donors (Lipinski definition) is 3. The number of halogens is 7. The smallest absolute Gasteiger partial charge is 0.537 e. The molecule has 2 atom stereocenters. The van der Waals surface area contributed by atoms with Crippen molar-refractivity contribution < 1.29 is 36.0 Å². The fourth-order valence-electron chi connectivity index (χ4n) is 6.38. The molecule has 6 heterocycles. The normalized spacial score (nSPS) is 18.4. The van der Waals surface area contributed by atoms with Crippen molar-refractivity contribution in [2.75, 3.05) is 46.6 Å². The van der Waals surface area contributed by atoms with Crippen molar-refractivity contribution in [3.05, 3.63) is 76.3 Å². The van der Waals surface area contributed by atoms with Crippen LogP contribution < -0.4 is 25.1 Å². The lowest BCUT2D eigenvalue weighted by atomic mass is 10.1. The Hall–Kier alpha value is -4.51. The molecule has 2 saturated heterocycles. The van der Waals surface area contributed by atoms with Crippen molar-refractivity contribution >= 4 is 42.3 Å². The second kappa shape index (κ2) is 14.0. The zero-order valence-electron chi connectivity index (χ0n) is 26.8. The molecule has 0 saturated carbocycles. The highest BCUT2D eigenvalue weighted by atomic mass is 35.5. The molecule has 0 unspecified atom stereocenters. The first-order valence-corrected chi connectivity index (χ1v) is 16.0. The molecule has 18 heteroatoms. The summed E-state index contributed by atoms with van der Waals surface area (Å²) in [6.45, 7) is 7.90. The quantitative estimate of drug-likeness (QED) is 0.123. The Bertz CT molecular complexity index is 1870. The van der Waals surface area contributed by atoms with Gasteiger partial charge in [-0.25, -0.2) is 15.0 Å². The van der Waals surface area contributed by atoms with Crippen LogP contribution in [-0.4, -0.2) is 70.9 Å². The first-order chi connectivity index (χ1) is 23.7. The van der Waals surface area contributed by atoms with E-state index in [1.807, 2.05) is 13.8 Å². The van der Waals surface area contributed by atoms with Crippen LogP contribution in [0.2, 0.25) is 5.28 Å². The van der Waals surface area contributed by atoms with E-state index in [9.17, 15) is 26.3 Å². The van der Waals surface area contributed by atoms with Crippen molar-refractivity contribution in [1.82, 2.24) is 19.9 Å². The predicted octanol–water partition coefficient (Wildman–Crippen LogP) is 6.53. The van der Waals surface area contributed by atoms with Crippen LogP contribution in [-0.2, 0) is 12.4 Å². The van der Waals surface area contributed by atoms with Crippen LogP contribution in [0.1, 0.15) is 35.4 Å². The molecule has 2 fully saturated rings. The second-order valence-corrected chi connectivity index (χ2v) is 12.4. The van der Waals surface area contributed by atoms with Crippen molar-refractivity contribution in [1.29, 1.82) is 0 Å². The lowest BCUT2D eigenvalue weighted by molar-refractivity contribution is -0.138. The first-order valence-electron chi connectivity index (χ1n) is 15.6. The Morgan fingerprint density at radius 3 is 1.90 bits per heavy atom. The summed E-state index contributed by atoms with van der Waals surface area (Å²) in [6, 6.07) is 10.3. The molecule has 2 aromatic carbocycles. The third-order valence-electron chi connectivity index (χ3n) is 8.58. The molecule has 50 heavy (non-hydrogen) atoms. The minimum atomic E-state index is -4.39. The molecule has 3 N–H and O–H groups in total. The predicted molar refractivity (Wildman–Crippen MR) is 178 cm³/mol. The highest BCUT2D eigenvalue weighted by Gasteiger charge is 2.35. The van der Waals surface area contributed by atoms with Crippen LogP contribution in [0.4, 0.5) is 49.4 Å². The summed E-state index contributed by atoms with van der Waals surface area (Å²) < 4.78 is 79.3. The van der Waals surface area contributed by atoms with Crippen LogP contribution in [0, 0.1) is 13.8 Å². The van der Waals surface area contributed by atoms with Crippen LogP contribution in [0.25, 0.3) is 11.4 Å². The van der Waals surface area contributed by atoms with Crippen LogP contribution in [0.15, 0.2) is 48.5 Å². The summed E-state index contributed by atoms with van der Waals surface area (Å²) in [7, 11) is 0.329. The number of benzene rings is 2. The minimum Gasteiger partial charge on any atom is -0.537 e. The Morgan fingerprint density at radius 1 is 0.780 bits per heavy atom. The molecule has 2 aromatic heterocycles. The lowest BCUT2D eigenvalue weighted by Gasteiger charge is -2.29. The first kappa shape index (κ1) is 35.3. The number of aromatic nitrogens is 4. The molecule has 4 aliphatic heterocycles. The molecule has 4 aliphatic rings. The fraction of sp³-hybridized carbons (Fsp3) is 0.375. The summed E-state index contributed by atoms with van der Waals surface area (Å²) in [6.07, 6.45) is -6.56. The summed E-state index contributed by atoms with van der Waals surface area (Å²) >= 11 is 5.82. The van der Waals surface area contributed by atoms with Gasteiger partial charge < -0.3 is 30.1 Å². The number of anilines is 4. The van der Waals surface area contributed by atoms with Crippen molar-refractivity contribution in [2.45, 2.75) is 51.1 Å². The molecule has 10 nitrogen and oxygen atoms in total. The number of fused-ring (bicyclic) bond motifs is 8. The molecule has 8 rings (SSSR count). The maximum absolute atomic E-state index is 12.9. The van der Waals surface area contributed by atoms with E-state index in [1.165, 1.54) is 24.6 Å².